The average molecular weight is 839 g/mol. The number of ether oxygens (including phenoxy) is 2. The van der Waals surface area contributed by atoms with Crippen LogP contribution in [-0.4, -0.2) is 109 Å². The second-order valence-corrected chi connectivity index (χ2v) is 17.1. The molecule has 0 bridgehead atoms. The number of esters is 2. The number of hydrogen-bond donors (Lipinski definition) is 8. The smallest absolute Gasteiger partial charge is 0.462 e. The van der Waals surface area contributed by atoms with Crippen LogP contribution >= 0.6 is 28.3 Å². The van der Waals surface area contributed by atoms with Crippen molar-refractivity contribution in [1.82, 2.24) is 0 Å². The second-order valence-electron chi connectivity index (χ2n) is 14.1. The molecule has 54 heavy (non-hydrogen) atoms. The fourth-order valence-corrected chi connectivity index (χ4v) is 7.89. The molecule has 0 spiro atoms. The summed E-state index contributed by atoms with van der Waals surface area (Å²) < 4.78 is 49.0. The van der Waals surface area contributed by atoms with Crippen LogP contribution in [0.3, 0.4) is 0 Å². The molecule has 0 saturated heterocycles. The van der Waals surface area contributed by atoms with Crippen molar-refractivity contribution < 1.29 is 76.9 Å². The Balaban J connectivity index is 2.67. The zero-order chi connectivity index (χ0) is 40.4. The average Bonchev–Trinajstić information content (AvgIpc) is 3.11. The number of rotatable bonds is 33. The van der Waals surface area contributed by atoms with E-state index in [0.29, 0.717) is 12.8 Å². The third kappa shape index (κ3) is 24.2. The van der Waals surface area contributed by atoms with Crippen LogP contribution in [0.1, 0.15) is 148 Å². The summed E-state index contributed by atoms with van der Waals surface area (Å²) in [5, 5.41) is 41.0. The van der Waals surface area contributed by atoms with Crippen molar-refractivity contribution >= 4 is 40.2 Å². The largest absolute Gasteiger partial charge is 0.472 e. The Labute approximate surface area is 326 Å². The summed E-state index contributed by atoms with van der Waals surface area (Å²) in [6.07, 6.45) is 6.70. The molecule has 0 aromatic heterocycles. The van der Waals surface area contributed by atoms with Gasteiger partial charge in [-0.2, -0.15) is 12.6 Å². The van der Waals surface area contributed by atoms with E-state index in [1.54, 1.807) is 0 Å². The molecule has 0 amide bonds. The number of unbranched alkanes of at least 4 members (excludes halogenated alkanes) is 18. The van der Waals surface area contributed by atoms with Crippen molar-refractivity contribution in [2.24, 2.45) is 0 Å². The number of hydrogen-bond acceptors (Lipinski definition) is 14. The van der Waals surface area contributed by atoms with Crippen molar-refractivity contribution in [3.8, 4) is 0 Å². The molecular formula is C35H68O16P2S. The van der Waals surface area contributed by atoms with E-state index in [2.05, 4.69) is 24.1 Å². The van der Waals surface area contributed by atoms with E-state index in [1.165, 1.54) is 51.4 Å². The Morgan fingerprint density at radius 1 is 0.574 bits per heavy atom. The van der Waals surface area contributed by atoms with Gasteiger partial charge in [0, 0.05) is 12.8 Å². The molecule has 1 aliphatic carbocycles. The number of aliphatic hydroxyl groups excluding tert-OH is 4. The minimum absolute atomic E-state index is 0.0467. The predicted molar refractivity (Wildman–Crippen MR) is 204 cm³/mol. The molecule has 7 N–H and O–H groups in total. The molecule has 320 valence electrons. The Morgan fingerprint density at radius 2 is 1.00 bits per heavy atom. The van der Waals surface area contributed by atoms with Gasteiger partial charge < -0.3 is 44.6 Å². The van der Waals surface area contributed by atoms with Gasteiger partial charge in [-0.25, -0.2) is 9.13 Å². The van der Waals surface area contributed by atoms with Crippen LogP contribution in [0.2, 0.25) is 0 Å². The molecule has 0 heterocycles. The van der Waals surface area contributed by atoms with Gasteiger partial charge in [0.15, 0.2) is 6.10 Å². The highest BCUT2D eigenvalue weighted by Gasteiger charge is 2.54. The third-order valence-electron chi connectivity index (χ3n) is 9.24. The van der Waals surface area contributed by atoms with E-state index in [4.69, 9.17) is 28.3 Å². The van der Waals surface area contributed by atoms with Gasteiger partial charge in [-0.05, 0) is 25.0 Å². The standard InChI is InChI=1S/C35H68O16P2S/c1-2-3-4-5-6-7-8-9-10-11-13-17-20-23-29(37)49-27(25-47-28(36)22-19-16-14-12-15-18-21-24-54)26-48-53(45,46)51-35-32(40)30(38)31(39)34(33(35)41)50-52(42,43)44/h27,30-35,38-41,54H,2-26H2,1H3,(H,45,46)(H2,42,43,44)/t27-,30-,31?,32-,33?,34+,35?/m1/s1. The Hall–Kier alpha value is -0.650. The van der Waals surface area contributed by atoms with E-state index in [0.717, 1.165) is 70.0 Å². The summed E-state index contributed by atoms with van der Waals surface area (Å²) in [5.41, 5.74) is 0. The van der Waals surface area contributed by atoms with Gasteiger partial charge in [-0.1, -0.05) is 116 Å². The quantitative estimate of drug-likeness (QED) is 0.0178. The lowest BCUT2D eigenvalue weighted by molar-refractivity contribution is -0.216. The summed E-state index contributed by atoms with van der Waals surface area (Å²) in [6, 6.07) is 0. The molecule has 0 aliphatic heterocycles. The van der Waals surface area contributed by atoms with Crippen molar-refractivity contribution in [3.63, 3.8) is 0 Å². The number of carbonyl (C=O) groups is 2. The van der Waals surface area contributed by atoms with E-state index in [9.17, 15) is 44.0 Å². The molecular weight excluding hydrogens is 770 g/mol. The fourth-order valence-electron chi connectivity index (χ4n) is 6.12. The van der Waals surface area contributed by atoms with Crippen LogP contribution in [0, 0.1) is 0 Å². The van der Waals surface area contributed by atoms with Crippen LogP contribution in [0.5, 0.6) is 0 Å². The molecule has 8 atom stereocenters. The van der Waals surface area contributed by atoms with Gasteiger partial charge in [-0.3, -0.25) is 23.2 Å². The van der Waals surface area contributed by atoms with Crippen LogP contribution < -0.4 is 0 Å². The van der Waals surface area contributed by atoms with Crippen molar-refractivity contribution in [1.29, 1.82) is 0 Å². The van der Waals surface area contributed by atoms with Crippen molar-refractivity contribution in [2.75, 3.05) is 19.0 Å². The lowest BCUT2D eigenvalue weighted by atomic mass is 9.85. The molecule has 0 radical (unpaired) electrons. The van der Waals surface area contributed by atoms with E-state index < -0.39 is 83.5 Å². The lowest BCUT2D eigenvalue weighted by Crippen LogP contribution is -2.64. The molecule has 1 aliphatic rings. The van der Waals surface area contributed by atoms with Gasteiger partial charge in [0.2, 0.25) is 0 Å². The molecule has 1 fully saturated rings. The lowest BCUT2D eigenvalue weighted by Gasteiger charge is -2.43. The number of carbonyl (C=O) groups excluding carboxylic acids is 2. The maximum absolute atomic E-state index is 12.9. The highest BCUT2D eigenvalue weighted by molar-refractivity contribution is 7.80. The summed E-state index contributed by atoms with van der Waals surface area (Å²) in [6.45, 7) is 0.870. The SMILES string of the molecule is CCCCCCCCCCCCCCCC(=O)O[C@H](COC(=O)CCCCCCCCCS)COP(=O)(O)OC1C(O)[C@@H](OP(=O)(O)O)C(O)[C@@H](O)[C@H]1O. The van der Waals surface area contributed by atoms with Crippen LogP contribution in [0.15, 0.2) is 0 Å². The van der Waals surface area contributed by atoms with Crippen molar-refractivity contribution in [2.45, 2.75) is 191 Å². The maximum atomic E-state index is 12.9. The summed E-state index contributed by atoms with van der Waals surface area (Å²) in [7, 11) is -10.6. The molecule has 1 rings (SSSR count). The topological polar surface area (TPSA) is 256 Å². The van der Waals surface area contributed by atoms with E-state index in [-0.39, 0.29) is 12.8 Å². The number of aliphatic hydroxyl groups is 4. The summed E-state index contributed by atoms with van der Waals surface area (Å²) in [5.74, 6) is -0.361. The zero-order valence-corrected chi connectivity index (χ0v) is 34.5. The first-order valence-corrected chi connectivity index (χ1v) is 23.4. The first kappa shape index (κ1) is 51.4. The van der Waals surface area contributed by atoms with Gasteiger partial charge in [0.05, 0.1) is 6.61 Å². The molecule has 19 heteroatoms. The van der Waals surface area contributed by atoms with Crippen molar-refractivity contribution in [3.05, 3.63) is 0 Å². The second kappa shape index (κ2) is 29.5. The fraction of sp³-hybridized carbons (Fsp3) is 0.943. The van der Waals surface area contributed by atoms with E-state index >= 15 is 0 Å². The predicted octanol–water partition coefficient (Wildman–Crippen LogP) is 5.41. The first-order chi connectivity index (χ1) is 25.6. The number of phosphoric ester groups is 2. The Bertz CT molecular complexity index is 1100. The summed E-state index contributed by atoms with van der Waals surface area (Å²) >= 11 is 4.20. The highest BCUT2D eigenvalue weighted by Crippen LogP contribution is 2.49. The van der Waals surface area contributed by atoms with Crippen LogP contribution in [0.25, 0.3) is 0 Å². The highest BCUT2D eigenvalue weighted by atomic mass is 32.1. The van der Waals surface area contributed by atoms with Gasteiger partial charge in [0.1, 0.15) is 43.2 Å². The van der Waals surface area contributed by atoms with Crippen LogP contribution in [-0.2, 0) is 41.8 Å². The number of thiol groups is 1. The third-order valence-corrected chi connectivity index (χ3v) is 11.1. The zero-order valence-electron chi connectivity index (χ0n) is 31.9. The Morgan fingerprint density at radius 3 is 1.46 bits per heavy atom. The Kier molecular flexibility index (Phi) is 28.1. The first-order valence-electron chi connectivity index (χ1n) is 19.7. The minimum atomic E-state index is -5.35. The monoisotopic (exact) mass is 838 g/mol. The normalized spacial score (nSPS) is 23.5. The summed E-state index contributed by atoms with van der Waals surface area (Å²) in [4.78, 5) is 53.8. The maximum Gasteiger partial charge on any atom is 0.472 e. The van der Waals surface area contributed by atoms with Crippen LogP contribution in [0.4, 0.5) is 0 Å². The van der Waals surface area contributed by atoms with Gasteiger partial charge >= 0.3 is 27.6 Å². The molecule has 1 saturated carbocycles. The molecule has 16 nitrogen and oxygen atoms in total. The molecule has 4 unspecified atom stereocenters. The van der Waals surface area contributed by atoms with E-state index in [1.807, 2.05) is 0 Å². The molecule has 0 aromatic carbocycles. The number of phosphoric acid groups is 2. The van der Waals surface area contributed by atoms with Gasteiger partial charge in [-0.15, -0.1) is 0 Å². The molecule has 0 aromatic rings. The van der Waals surface area contributed by atoms with Gasteiger partial charge in [0.25, 0.3) is 0 Å². The minimum Gasteiger partial charge on any atom is -0.462 e.